The highest BCUT2D eigenvalue weighted by Crippen LogP contribution is 2.53. The van der Waals surface area contributed by atoms with E-state index in [2.05, 4.69) is 0 Å². The molecule has 2 heterocycles. The highest BCUT2D eigenvalue weighted by molar-refractivity contribution is 5.86. The van der Waals surface area contributed by atoms with Gasteiger partial charge in [-0.15, -0.1) is 0 Å². The summed E-state index contributed by atoms with van der Waals surface area (Å²) in [5.41, 5.74) is -0.0467. The van der Waals surface area contributed by atoms with Crippen LogP contribution in [0.25, 0.3) is 0 Å². The van der Waals surface area contributed by atoms with Gasteiger partial charge in [0.15, 0.2) is 6.17 Å². The number of aliphatic hydroxyl groups excluding tert-OH is 1. The van der Waals surface area contributed by atoms with Crippen LogP contribution in [0.15, 0.2) is 0 Å². The maximum absolute atomic E-state index is 14.4. The number of halogens is 1. The minimum atomic E-state index is -1.73. The van der Waals surface area contributed by atoms with Crippen LogP contribution >= 0.6 is 0 Å². The maximum Gasteiger partial charge on any atom is 0.408 e. The van der Waals surface area contributed by atoms with E-state index in [9.17, 15) is 23.9 Å². The highest BCUT2D eigenvalue weighted by Gasteiger charge is 2.52. The van der Waals surface area contributed by atoms with Crippen molar-refractivity contribution in [3.05, 3.63) is 0 Å². The molecule has 3 amide bonds. The van der Waals surface area contributed by atoms with E-state index in [0.29, 0.717) is 13.0 Å². The van der Waals surface area contributed by atoms with Crippen molar-refractivity contribution in [1.82, 2.24) is 14.7 Å². The van der Waals surface area contributed by atoms with E-state index in [4.69, 9.17) is 5.11 Å². The van der Waals surface area contributed by atoms with Crippen molar-refractivity contribution in [3.63, 3.8) is 0 Å². The number of hydrogen-bond acceptors (Lipinski definition) is 4. The van der Waals surface area contributed by atoms with Crippen molar-refractivity contribution in [2.24, 2.45) is 5.41 Å². The van der Waals surface area contributed by atoms with Crippen LogP contribution in [0.2, 0.25) is 0 Å². The van der Waals surface area contributed by atoms with Gasteiger partial charge in [-0.25, -0.2) is 9.18 Å². The second-order valence-electron chi connectivity index (χ2n) is 7.65. The molecule has 146 valence electrons. The van der Waals surface area contributed by atoms with Crippen LogP contribution in [0.4, 0.5) is 9.18 Å². The summed E-state index contributed by atoms with van der Waals surface area (Å²) in [6.07, 6.45) is -0.937. The first-order valence-corrected chi connectivity index (χ1v) is 9.14. The molecule has 1 saturated carbocycles. The number of aliphatic hydroxyl groups is 1. The zero-order valence-corrected chi connectivity index (χ0v) is 14.9. The molecule has 2 aliphatic heterocycles. The van der Waals surface area contributed by atoms with Gasteiger partial charge in [0.05, 0.1) is 6.10 Å². The lowest BCUT2D eigenvalue weighted by Gasteiger charge is -2.38. The number of piperazine rings is 1. The fourth-order valence-electron chi connectivity index (χ4n) is 3.97. The van der Waals surface area contributed by atoms with Gasteiger partial charge in [0.1, 0.15) is 6.04 Å². The molecule has 0 aromatic carbocycles. The minimum Gasteiger partial charge on any atom is -0.465 e. The average molecular weight is 371 g/mol. The number of amides is 3. The molecule has 0 unspecified atom stereocenters. The number of piperidine rings is 1. The summed E-state index contributed by atoms with van der Waals surface area (Å²) in [5.74, 6) is -1.01. The van der Waals surface area contributed by atoms with Crippen molar-refractivity contribution in [2.45, 2.75) is 50.9 Å². The highest BCUT2D eigenvalue weighted by atomic mass is 19.1. The van der Waals surface area contributed by atoms with Crippen molar-refractivity contribution in [1.29, 1.82) is 0 Å². The Hall–Kier alpha value is -1.90. The molecule has 0 radical (unpaired) electrons. The Balaban J connectivity index is 1.48. The lowest BCUT2D eigenvalue weighted by atomic mass is 9.90. The summed E-state index contributed by atoms with van der Waals surface area (Å²) >= 11 is 0. The fourth-order valence-corrected chi connectivity index (χ4v) is 3.97. The molecule has 8 nitrogen and oxygen atoms in total. The predicted octanol–water partition coefficient (Wildman–Crippen LogP) is 0.299. The molecule has 9 heteroatoms. The average Bonchev–Trinajstić information content (AvgIpc) is 3.38. The molecule has 2 saturated heterocycles. The third-order valence-electron chi connectivity index (χ3n) is 6.10. The number of carbonyl (C=O) groups excluding carboxylic acids is 2. The van der Waals surface area contributed by atoms with E-state index in [1.807, 2.05) is 0 Å². The van der Waals surface area contributed by atoms with E-state index >= 15 is 0 Å². The Bertz CT molecular complexity index is 597. The van der Waals surface area contributed by atoms with Crippen LogP contribution in [-0.4, -0.2) is 93.9 Å². The number of carbonyl (C=O) groups is 3. The normalized spacial score (nSPS) is 29.0. The number of carboxylic acid groups (broad SMARTS) is 1. The van der Waals surface area contributed by atoms with E-state index in [1.165, 1.54) is 16.7 Å². The number of alkyl halides is 1. The molecule has 0 aromatic rings. The van der Waals surface area contributed by atoms with Gasteiger partial charge in [-0.05, 0) is 31.6 Å². The van der Waals surface area contributed by atoms with Crippen LogP contribution < -0.4 is 0 Å². The quantitative estimate of drug-likeness (QED) is 0.740. The monoisotopic (exact) mass is 371 g/mol. The van der Waals surface area contributed by atoms with Gasteiger partial charge >= 0.3 is 6.09 Å². The van der Waals surface area contributed by atoms with E-state index in [1.54, 1.807) is 0 Å². The van der Waals surface area contributed by atoms with E-state index in [0.717, 1.165) is 17.7 Å². The molecular weight excluding hydrogens is 345 g/mol. The molecule has 0 aromatic heterocycles. The van der Waals surface area contributed by atoms with Gasteiger partial charge in [-0.2, -0.15) is 0 Å². The third-order valence-corrected chi connectivity index (χ3v) is 6.10. The third kappa shape index (κ3) is 3.49. The van der Waals surface area contributed by atoms with Crippen LogP contribution in [0.5, 0.6) is 0 Å². The molecular formula is C17H26FN3O5. The summed E-state index contributed by atoms with van der Waals surface area (Å²) in [6.45, 7) is 2.58. The van der Waals surface area contributed by atoms with Crippen molar-refractivity contribution in [3.8, 4) is 0 Å². The summed E-state index contributed by atoms with van der Waals surface area (Å²) < 4.78 is 14.4. The largest absolute Gasteiger partial charge is 0.465 e. The Morgan fingerprint density at radius 2 is 1.96 bits per heavy atom. The summed E-state index contributed by atoms with van der Waals surface area (Å²) in [7, 11) is 0. The second kappa shape index (κ2) is 7.02. The topological polar surface area (TPSA) is 101 Å². The zero-order valence-electron chi connectivity index (χ0n) is 14.9. The van der Waals surface area contributed by atoms with Gasteiger partial charge in [0, 0.05) is 39.1 Å². The van der Waals surface area contributed by atoms with Crippen molar-refractivity contribution >= 4 is 17.9 Å². The summed E-state index contributed by atoms with van der Waals surface area (Å²) in [5, 5.41) is 19.2. The lowest BCUT2D eigenvalue weighted by Crippen LogP contribution is -2.57. The van der Waals surface area contributed by atoms with Crippen LogP contribution in [-0.2, 0) is 9.59 Å². The summed E-state index contributed by atoms with van der Waals surface area (Å²) in [6, 6.07) is -0.804. The number of rotatable bonds is 4. The number of hydrogen-bond donors (Lipinski definition) is 2. The van der Waals surface area contributed by atoms with Crippen molar-refractivity contribution < 1.29 is 29.0 Å². The minimum absolute atomic E-state index is 0.0467. The standard InChI is InChI=1S/C17H26FN3O5/c1-11-14(23)19(8-9-21(11)16(25)26)6-2-12(18)15(24)20-7-5-17(3-4-17)13(22)10-20/h11-13,22H,2-10H2,1H3,(H,25,26)/t11-,12+,13+/m0/s1. The SMILES string of the molecule is C[C@H]1C(=O)N(CC[C@@H](F)C(=O)N2CCC3(CC3)[C@H](O)C2)CCN1C(=O)O. The number of β-amino-alcohol motifs (C(OH)–C–C–N with tert-alkyl or cyclic N) is 1. The van der Waals surface area contributed by atoms with Crippen LogP contribution in [0.3, 0.4) is 0 Å². The predicted molar refractivity (Wildman–Crippen MR) is 89.2 cm³/mol. The first-order valence-electron chi connectivity index (χ1n) is 9.14. The molecule has 1 aliphatic carbocycles. The Morgan fingerprint density at radius 1 is 1.27 bits per heavy atom. The number of nitrogens with zero attached hydrogens (tertiary/aromatic N) is 3. The van der Waals surface area contributed by atoms with E-state index in [-0.39, 0.29) is 43.9 Å². The Labute approximate surface area is 151 Å². The first-order chi connectivity index (χ1) is 12.2. The molecule has 26 heavy (non-hydrogen) atoms. The molecule has 0 bridgehead atoms. The molecule has 3 rings (SSSR count). The second-order valence-corrected chi connectivity index (χ2v) is 7.65. The molecule has 1 spiro atoms. The maximum atomic E-state index is 14.4. The molecule has 3 aliphatic rings. The van der Waals surface area contributed by atoms with Gasteiger partial charge in [0.25, 0.3) is 5.91 Å². The first kappa shape index (κ1) is 18.9. The lowest BCUT2D eigenvalue weighted by molar-refractivity contribution is -0.144. The van der Waals surface area contributed by atoms with Crippen LogP contribution in [0, 0.1) is 5.41 Å². The number of likely N-dealkylation sites (tertiary alicyclic amines) is 1. The molecule has 3 atom stereocenters. The molecule has 2 N–H and O–H groups in total. The van der Waals surface area contributed by atoms with Gasteiger partial charge in [0.2, 0.25) is 5.91 Å². The van der Waals surface area contributed by atoms with Gasteiger partial charge < -0.3 is 20.0 Å². The Kier molecular flexibility index (Phi) is 5.09. The zero-order chi connectivity index (χ0) is 19.1. The Morgan fingerprint density at radius 3 is 2.54 bits per heavy atom. The summed E-state index contributed by atoms with van der Waals surface area (Å²) in [4.78, 5) is 39.4. The van der Waals surface area contributed by atoms with E-state index < -0.39 is 30.3 Å². The van der Waals surface area contributed by atoms with Crippen LogP contribution in [0.1, 0.15) is 32.6 Å². The molecule has 3 fully saturated rings. The van der Waals surface area contributed by atoms with Gasteiger partial charge in [-0.3, -0.25) is 14.5 Å². The van der Waals surface area contributed by atoms with Crippen molar-refractivity contribution in [2.75, 3.05) is 32.7 Å². The fraction of sp³-hybridized carbons (Fsp3) is 0.824. The van der Waals surface area contributed by atoms with Gasteiger partial charge in [-0.1, -0.05) is 0 Å². The smallest absolute Gasteiger partial charge is 0.408 e.